The first kappa shape index (κ1) is 20.6. The molecule has 0 aliphatic carbocycles. The molecule has 0 bridgehead atoms. The van der Waals surface area contributed by atoms with Crippen molar-refractivity contribution in [3.8, 4) is 5.75 Å². The number of benzene rings is 2. The van der Waals surface area contributed by atoms with Crippen LogP contribution in [0.15, 0.2) is 53.4 Å². The minimum absolute atomic E-state index is 0.0137. The molecule has 0 spiro atoms. The van der Waals surface area contributed by atoms with Gasteiger partial charge in [0.2, 0.25) is 15.9 Å². The van der Waals surface area contributed by atoms with Crippen LogP contribution in [0, 0.1) is 0 Å². The van der Waals surface area contributed by atoms with Crippen LogP contribution in [0.3, 0.4) is 0 Å². The summed E-state index contributed by atoms with van der Waals surface area (Å²) in [5.74, 6) is 0.444. The fraction of sp³-hybridized carbons (Fsp3) is 0.263. The van der Waals surface area contributed by atoms with E-state index < -0.39 is 10.0 Å². The standard InChI is InChI=1S/C19H22N2O5S/c1-14(22)16-4-6-17(7-5-16)26-13-11-19(23)21-12-10-15-2-8-18(9-3-15)27(20,24)25/h2-9H,10-13H2,1H3,(H,21,23)(H2,20,24,25). The summed E-state index contributed by atoms with van der Waals surface area (Å²) in [6, 6.07) is 13.0. The van der Waals surface area contributed by atoms with Crippen LogP contribution in [0.2, 0.25) is 0 Å². The molecule has 144 valence electrons. The molecule has 7 nitrogen and oxygen atoms in total. The molecule has 0 saturated heterocycles. The van der Waals surface area contributed by atoms with Crippen molar-refractivity contribution in [1.82, 2.24) is 5.32 Å². The maximum absolute atomic E-state index is 11.8. The Labute approximate surface area is 158 Å². The molecule has 0 unspecified atom stereocenters. The number of ketones is 1. The highest BCUT2D eigenvalue weighted by Crippen LogP contribution is 2.13. The number of amides is 1. The third-order valence-corrected chi connectivity index (χ3v) is 4.78. The van der Waals surface area contributed by atoms with E-state index in [2.05, 4.69) is 5.32 Å². The first-order chi connectivity index (χ1) is 12.8. The van der Waals surface area contributed by atoms with Gasteiger partial charge in [0.1, 0.15) is 5.75 Å². The minimum Gasteiger partial charge on any atom is -0.493 e. The highest BCUT2D eigenvalue weighted by molar-refractivity contribution is 7.89. The topological polar surface area (TPSA) is 116 Å². The normalized spacial score (nSPS) is 11.0. The third kappa shape index (κ3) is 6.84. The molecule has 0 fully saturated rings. The van der Waals surface area contributed by atoms with Crippen molar-refractivity contribution in [2.45, 2.75) is 24.7 Å². The van der Waals surface area contributed by atoms with Crippen molar-refractivity contribution in [1.29, 1.82) is 0 Å². The van der Waals surface area contributed by atoms with Crippen molar-refractivity contribution >= 4 is 21.7 Å². The number of ether oxygens (including phenoxy) is 1. The number of hydrogen-bond acceptors (Lipinski definition) is 5. The van der Waals surface area contributed by atoms with Crippen LogP contribution < -0.4 is 15.2 Å². The van der Waals surface area contributed by atoms with Gasteiger partial charge in [-0.2, -0.15) is 0 Å². The van der Waals surface area contributed by atoms with E-state index >= 15 is 0 Å². The Morgan fingerprint density at radius 3 is 2.22 bits per heavy atom. The molecule has 2 aromatic carbocycles. The van der Waals surface area contributed by atoms with E-state index in [0.29, 0.717) is 24.3 Å². The molecule has 0 aliphatic heterocycles. The van der Waals surface area contributed by atoms with Gasteiger partial charge in [-0.3, -0.25) is 9.59 Å². The molecule has 0 saturated carbocycles. The Morgan fingerprint density at radius 2 is 1.67 bits per heavy atom. The van der Waals surface area contributed by atoms with Crippen LogP contribution >= 0.6 is 0 Å². The van der Waals surface area contributed by atoms with Crippen LogP contribution in [0.5, 0.6) is 5.75 Å². The van der Waals surface area contributed by atoms with Gasteiger partial charge in [-0.05, 0) is 55.3 Å². The predicted octanol–water partition coefficient (Wildman–Crippen LogP) is 1.66. The van der Waals surface area contributed by atoms with Crippen LogP contribution in [-0.4, -0.2) is 33.3 Å². The number of nitrogens with two attached hydrogens (primary N) is 1. The Kier molecular flexibility index (Phi) is 7.09. The number of carbonyl (C=O) groups is 2. The van der Waals surface area contributed by atoms with E-state index in [1.807, 2.05) is 0 Å². The van der Waals surface area contributed by atoms with E-state index in [0.717, 1.165) is 5.56 Å². The number of carbonyl (C=O) groups excluding carboxylic acids is 2. The summed E-state index contributed by atoms with van der Waals surface area (Å²) in [6.07, 6.45) is 0.781. The summed E-state index contributed by atoms with van der Waals surface area (Å²) in [4.78, 5) is 23.1. The van der Waals surface area contributed by atoms with Gasteiger partial charge in [-0.15, -0.1) is 0 Å². The van der Waals surface area contributed by atoms with Gasteiger partial charge < -0.3 is 10.1 Å². The van der Waals surface area contributed by atoms with Crippen LogP contribution in [0.25, 0.3) is 0 Å². The SMILES string of the molecule is CC(=O)c1ccc(OCCC(=O)NCCc2ccc(S(N)(=O)=O)cc2)cc1. The molecule has 0 aromatic heterocycles. The summed E-state index contributed by atoms with van der Waals surface area (Å²) < 4.78 is 27.9. The van der Waals surface area contributed by atoms with Crippen molar-refractivity contribution in [2.24, 2.45) is 5.14 Å². The monoisotopic (exact) mass is 390 g/mol. The van der Waals surface area contributed by atoms with Gasteiger partial charge in [0.05, 0.1) is 17.9 Å². The third-order valence-electron chi connectivity index (χ3n) is 3.85. The van der Waals surface area contributed by atoms with Gasteiger partial charge in [0.25, 0.3) is 0 Å². The zero-order valence-corrected chi connectivity index (χ0v) is 15.8. The number of primary sulfonamides is 1. The average Bonchev–Trinajstić information content (AvgIpc) is 2.62. The molecule has 2 rings (SSSR count). The number of hydrogen-bond donors (Lipinski definition) is 2. The molecule has 0 atom stereocenters. The molecule has 27 heavy (non-hydrogen) atoms. The molecular formula is C19H22N2O5S. The lowest BCUT2D eigenvalue weighted by atomic mass is 10.1. The minimum atomic E-state index is -3.69. The Balaban J connectivity index is 1.68. The van der Waals surface area contributed by atoms with Gasteiger partial charge in [0.15, 0.2) is 5.78 Å². The van der Waals surface area contributed by atoms with Crippen molar-refractivity contribution in [3.63, 3.8) is 0 Å². The summed E-state index contributed by atoms with van der Waals surface area (Å²) in [7, 11) is -3.69. The molecule has 0 aliphatic rings. The van der Waals surface area contributed by atoms with Crippen molar-refractivity contribution in [3.05, 3.63) is 59.7 Å². The molecule has 8 heteroatoms. The van der Waals surface area contributed by atoms with Crippen molar-refractivity contribution in [2.75, 3.05) is 13.2 Å². The lowest BCUT2D eigenvalue weighted by Crippen LogP contribution is -2.27. The second-order valence-corrected chi connectivity index (χ2v) is 7.53. The fourth-order valence-corrected chi connectivity index (χ4v) is 2.84. The lowest BCUT2D eigenvalue weighted by molar-refractivity contribution is -0.121. The van der Waals surface area contributed by atoms with E-state index in [9.17, 15) is 18.0 Å². The first-order valence-corrected chi connectivity index (χ1v) is 9.92. The second-order valence-electron chi connectivity index (χ2n) is 5.97. The largest absolute Gasteiger partial charge is 0.493 e. The van der Waals surface area contributed by atoms with E-state index in [-0.39, 0.29) is 29.6 Å². The van der Waals surface area contributed by atoms with Crippen LogP contribution in [0.4, 0.5) is 0 Å². The number of Topliss-reactive ketones (excluding diaryl/α,β-unsaturated/α-hetero) is 1. The smallest absolute Gasteiger partial charge is 0.238 e. The van der Waals surface area contributed by atoms with Crippen LogP contribution in [0.1, 0.15) is 29.3 Å². The maximum Gasteiger partial charge on any atom is 0.238 e. The van der Waals surface area contributed by atoms with E-state index in [4.69, 9.17) is 9.88 Å². The maximum atomic E-state index is 11.8. The molecule has 1 amide bonds. The molecule has 0 radical (unpaired) electrons. The summed E-state index contributed by atoms with van der Waals surface area (Å²) in [6.45, 7) is 2.16. The first-order valence-electron chi connectivity index (χ1n) is 8.38. The molecular weight excluding hydrogens is 368 g/mol. The fourth-order valence-electron chi connectivity index (χ4n) is 2.33. The average molecular weight is 390 g/mol. The second kappa shape index (κ2) is 9.29. The van der Waals surface area contributed by atoms with Gasteiger partial charge in [0, 0.05) is 12.1 Å². The molecule has 2 aromatic rings. The van der Waals surface area contributed by atoms with Gasteiger partial charge in [-0.1, -0.05) is 12.1 Å². The lowest BCUT2D eigenvalue weighted by Gasteiger charge is -2.08. The predicted molar refractivity (Wildman–Crippen MR) is 101 cm³/mol. The Morgan fingerprint density at radius 1 is 1.04 bits per heavy atom. The Hall–Kier alpha value is -2.71. The highest BCUT2D eigenvalue weighted by Gasteiger charge is 2.07. The van der Waals surface area contributed by atoms with E-state index in [1.165, 1.54) is 19.1 Å². The van der Waals surface area contributed by atoms with Gasteiger partial charge >= 0.3 is 0 Å². The zero-order valence-electron chi connectivity index (χ0n) is 15.0. The summed E-state index contributed by atoms with van der Waals surface area (Å²) in [5, 5.41) is 7.82. The van der Waals surface area contributed by atoms with E-state index in [1.54, 1.807) is 36.4 Å². The molecule has 0 heterocycles. The Bertz CT molecular complexity index is 891. The quantitative estimate of drug-likeness (QED) is 0.632. The molecule has 3 N–H and O–H groups in total. The zero-order chi connectivity index (χ0) is 19.9. The number of nitrogens with one attached hydrogen (secondary N) is 1. The number of rotatable bonds is 9. The number of sulfonamides is 1. The van der Waals surface area contributed by atoms with Gasteiger partial charge in [-0.25, -0.2) is 13.6 Å². The summed E-state index contributed by atoms with van der Waals surface area (Å²) >= 11 is 0. The highest BCUT2D eigenvalue weighted by atomic mass is 32.2. The summed E-state index contributed by atoms with van der Waals surface area (Å²) in [5.41, 5.74) is 1.50. The van der Waals surface area contributed by atoms with Crippen molar-refractivity contribution < 1.29 is 22.7 Å². The van der Waals surface area contributed by atoms with Crippen LogP contribution in [-0.2, 0) is 21.2 Å².